The Kier molecular flexibility index (Phi) is 6.85. The third kappa shape index (κ3) is 3.45. The normalized spacial score (nSPS) is 17.5. The molecule has 1 nitrogen and oxygen atoms in total. The number of halogens is 17. The first-order valence-corrected chi connectivity index (χ1v) is 7.00. The summed E-state index contributed by atoms with van der Waals surface area (Å²) in [5, 5.41) is 8.80. The minimum Gasteiger partial charge on any atom is -0.386 e. The lowest BCUT2D eigenvalue weighted by molar-refractivity contribution is -0.464. The van der Waals surface area contributed by atoms with Crippen LogP contribution in [0.1, 0.15) is 13.8 Å². The SMILES string of the molecule is CC(C)C(O)C(F)(F)C(F)(F)C(F)(F)C(F)(F)C(F)(F)C(F)(F)C(F)(F)C(F)(F)F. The van der Waals surface area contributed by atoms with Crippen molar-refractivity contribution in [3.8, 4) is 0 Å². The quantitative estimate of drug-likeness (QED) is 0.412. The van der Waals surface area contributed by atoms with Gasteiger partial charge in [-0.25, -0.2) is 0 Å². The van der Waals surface area contributed by atoms with Crippen LogP contribution < -0.4 is 0 Å². The summed E-state index contributed by atoms with van der Waals surface area (Å²) in [5.74, 6) is -59.2. The molecule has 1 N–H and O–H groups in total. The molecule has 0 aliphatic heterocycles. The molecule has 0 radical (unpaired) electrons. The monoisotopic (exact) mass is 492 g/mol. The van der Waals surface area contributed by atoms with Gasteiger partial charge in [-0.15, -0.1) is 0 Å². The van der Waals surface area contributed by atoms with Crippen molar-refractivity contribution < 1.29 is 79.7 Å². The third-order valence-electron chi connectivity index (χ3n) is 3.75. The van der Waals surface area contributed by atoms with Crippen LogP contribution in [0.3, 0.4) is 0 Å². The molecule has 0 saturated heterocycles. The molecule has 0 heterocycles. The molecule has 0 amide bonds. The summed E-state index contributed by atoms with van der Waals surface area (Å²) in [6, 6.07) is 0. The summed E-state index contributed by atoms with van der Waals surface area (Å²) >= 11 is 0. The van der Waals surface area contributed by atoms with E-state index in [-0.39, 0.29) is 0 Å². The lowest BCUT2D eigenvalue weighted by atomic mass is 9.86. The molecule has 0 aliphatic carbocycles. The van der Waals surface area contributed by atoms with Crippen LogP contribution in [-0.4, -0.2) is 58.8 Å². The highest BCUT2D eigenvalue weighted by Crippen LogP contribution is 2.64. The summed E-state index contributed by atoms with van der Waals surface area (Å²) in [5.41, 5.74) is 0. The zero-order valence-corrected chi connectivity index (χ0v) is 14.0. The van der Waals surface area contributed by atoms with Crippen LogP contribution in [-0.2, 0) is 0 Å². The fraction of sp³-hybridized carbons (Fsp3) is 1.00. The van der Waals surface area contributed by atoms with Gasteiger partial charge in [-0.2, -0.15) is 74.6 Å². The molecule has 0 aromatic carbocycles. The van der Waals surface area contributed by atoms with Crippen molar-refractivity contribution in [1.29, 1.82) is 0 Å². The van der Waals surface area contributed by atoms with E-state index in [1.54, 1.807) is 0 Å². The lowest BCUT2D eigenvalue weighted by Gasteiger charge is -2.43. The number of rotatable bonds is 8. The summed E-state index contributed by atoms with van der Waals surface area (Å²) in [4.78, 5) is 0. The van der Waals surface area contributed by atoms with Crippen LogP contribution in [0.5, 0.6) is 0 Å². The predicted octanol–water partition coefficient (Wildman–Crippen LogP) is 6.01. The van der Waals surface area contributed by atoms with Gasteiger partial charge in [0.05, 0.1) is 0 Å². The van der Waals surface area contributed by atoms with E-state index in [4.69, 9.17) is 5.11 Å². The highest BCUT2D eigenvalue weighted by atomic mass is 19.4. The Hall–Kier alpha value is -1.23. The molecular formula is C12H9F17O. The first-order chi connectivity index (χ1) is 12.6. The van der Waals surface area contributed by atoms with Gasteiger partial charge in [0.15, 0.2) is 0 Å². The first kappa shape index (κ1) is 28.8. The van der Waals surface area contributed by atoms with E-state index in [1.807, 2.05) is 0 Å². The van der Waals surface area contributed by atoms with Crippen molar-refractivity contribution in [2.24, 2.45) is 5.92 Å². The smallest absolute Gasteiger partial charge is 0.386 e. The Labute approximate surface area is 154 Å². The maximum atomic E-state index is 13.4. The van der Waals surface area contributed by atoms with E-state index in [0.717, 1.165) is 0 Å². The van der Waals surface area contributed by atoms with Crippen molar-refractivity contribution in [3.63, 3.8) is 0 Å². The highest BCUT2D eigenvalue weighted by molar-refractivity contribution is 5.15. The fourth-order valence-corrected chi connectivity index (χ4v) is 1.78. The van der Waals surface area contributed by atoms with Gasteiger partial charge in [0.2, 0.25) is 0 Å². The number of aliphatic hydroxyl groups is 1. The standard InChI is InChI=1S/C12H9F17O/c1-3(2)4(30)5(13,14)6(15,16)7(17,18)8(19,20)9(21,22)10(23,24)11(25,26)12(27,28)29/h3-4,30H,1-2H3. The minimum absolute atomic E-state index is 0.400. The van der Waals surface area contributed by atoms with Crippen LogP contribution in [0.25, 0.3) is 0 Å². The Morgan fingerprint density at radius 1 is 0.433 bits per heavy atom. The fourth-order valence-electron chi connectivity index (χ4n) is 1.78. The minimum atomic E-state index is -8.66. The van der Waals surface area contributed by atoms with Crippen LogP contribution in [0, 0.1) is 5.92 Å². The second-order valence-electron chi connectivity index (χ2n) is 6.26. The molecule has 0 saturated carbocycles. The molecule has 18 heteroatoms. The molecule has 0 aromatic rings. The summed E-state index contributed by atoms with van der Waals surface area (Å²) in [7, 11) is 0. The van der Waals surface area contributed by atoms with E-state index in [2.05, 4.69) is 0 Å². The van der Waals surface area contributed by atoms with Crippen LogP contribution >= 0.6 is 0 Å². The Balaban J connectivity index is 6.77. The van der Waals surface area contributed by atoms with Gasteiger partial charge in [-0.05, 0) is 5.92 Å². The highest BCUT2D eigenvalue weighted by Gasteiger charge is 2.95. The molecule has 1 atom stereocenters. The van der Waals surface area contributed by atoms with Gasteiger partial charge in [0.1, 0.15) is 6.10 Å². The van der Waals surface area contributed by atoms with Crippen molar-refractivity contribution >= 4 is 0 Å². The number of aliphatic hydroxyl groups excluding tert-OH is 1. The van der Waals surface area contributed by atoms with E-state index in [9.17, 15) is 74.6 Å². The van der Waals surface area contributed by atoms with Gasteiger partial charge in [0.25, 0.3) is 0 Å². The molecule has 0 rings (SSSR count). The van der Waals surface area contributed by atoms with E-state index in [1.165, 1.54) is 0 Å². The van der Waals surface area contributed by atoms with Gasteiger partial charge in [-0.1, -0.05) is 13.8 Å². The number of hydrogen-bond acceptors (Lipinski definition) is 1. The molecule has 0 bridgehead atoms. The largest absolute Gasteiger partial charge is 0.460 e. The molecule has 0 aliphatic rings. The maximum absolute atomic E-state index is 13.4. The average Bonchev–Trinajstić information content (AvgIpc) is 2.51. The maximum Gasteiger partial charge on any atom is 0.460 e. The molecule has 30 heavy (non-hydrogen) atoms. The first-order valence-electron chi connectivity index (χ1n) is 7.00. The van der Waals surface area contributed by atoms with Crippen LogP contribution in [0.15, 0.2) is 0 Å². The van der Waals surface area contributed by atoms with Crippen molar-refractivity contribution in [1.82, 2.24) is 0 Å². The van der Waals surface area contributed by atoms with Gasteiger partial charge >= 0.3 is 47.6 Å². The molecule has 0 fully saturated rings. The van der Waals surface area contributed by atoms with E-state index >= 15 is 0 Å². The Morgan fingerprint density at radius 2 is 0.667 bits per heavy atom. The second-order valence-corrected chi connectivity index (χ2v) is 6.26. The van der Waals surface area contributed by atoms with Gasteiger partial charge in [0, 0.05) is 0 Å². The zero-order chi connectivity index (χ0) is 25.2. The topological polar surface area (TPSA) is 20.2 Å². The van der Waals surface area contributed by atoms with Gasteiger partial charge in [-0.3, -0.25) is 0 Å². The third-order valence-corrected chi connectivity index (χ3v) is 3.75. The number of hydrogen-bond donors (Lipinski definition) is 1. The predicted molar refractivity (Wildman–Crippen MR) is 61.5 cm³/mol. The van der Waals surface area contributed by atoms with Crippen LogP contribution in [0.4, 0.5) is 74.6 Å². The average molecular weight is 492 g/mol. The van der Waals surface area contributed by atoms with Crippen LogP contribution in [0.2, 0.25) is 0 Å². The molecule has 1 unspecified atom stereocenters. The summed E-state index contributed by atoms with van der Waals surface area (Å²) in [6.45, 7) is 0.801. The van der Waals surface area contributed by atoms with Crippen molar-refractivity contribution in [3.05, 3.63) is 0 Å². The molecule has 182 valence electrons. The summed E-state index contributed by atoms with van der Waals surface area (Å²) < 4.78 is 220. The lowest BCUT2D eigenvalue weighted by Crippen LogP contribution is -2.75. The molecule has 0 spiro atoms. The van der Waals surface area contributed by atoms with Gasteiger partial charge < -0.3 is 5.11 Å². The molecule has 0 aromatic heterocycles. The van der Waals surface area contributed by atoms with E-state index < -0.39 is 59.7 Å². The summed E-state index contributed by atoms with van der Waals surface area (Å²) in [6.07, 6.45) is -11.8. The van der Waals surface area contributed by atoms with Crippen molar-refractivity contribution in [2.45, 2.75) is 67.6 Å². The second kappa shape index (κ2) is 7.15. The molecular weight excluding hydrogens is 483 g/mol. The Morgan fingerprint density at radius 3 is 0.900 bits per heavy atom. The number of alkyl halides is 17. The zero-order valence-electron chi connectivity index (χ0n) is 14.0. The Bertz CT molecular complexity index is 617. The van der Waals surface area contributed by atoms with Crippen molar-refractivity contribution in [2.75, 3.05) is 0 Å². The van der Waals surface area contributed by atoms with E-state index in [0.29, 0.717) is 13.8 Å².